The van der Waals surface area contributed by atoms with E-state index in [0.717, 1.165) is 33.7 Å². The van der Waals surface area contributed by atoms with Crippen LogP contribution < -0.4 is 14.5 Å². The maximum absolute atomic E-state index is 6.40. The number of para-hydroxylation sites is 2. The minimum atomic E-state index is -0.125. The number of hydrogen-bond donors (Lipinski definition) is 1. The van der Waals surface area contributed by atoms with Gasteiger partial charge in [0.1, 0.15) is 11.6 Å². The third kappa shape index (κ3) is 4.69. The van der Waals surface area contributed by atoms with Crippen molar-refractivity contribution in [1.29, 1.82) is 0 Å². The summed E-state index contributed by atoms with van der Waals surface area (Å²) in [5.41, 5.74) is 4.49. The number of fused-ring (bicyclic) bond motifs is 3. The van der Waals surface area contributed by atoms with Gasteiger partial charge < -0.3 is 19.0 Å². The number of nitrogens with zero attached hydrogens (tertiary/aromatic N) is 4. The van der Waals surface area contributed by atoms with E-state index in [9.17, 15) is 0 Å². The van der Waals surface area contributed by atoms with E-state index in [2.05, 4.69) is 104 Å². The molecule has 0 bridgehead atoms. The van der Waals surface area contributed by atoms with Gasteiger partial charge in [0.05, 0.1) is 16.7 Å². The summed E-state index contributed by atoms with van der Waals surface area (Å²) < 4.78 is 12.6. The van der Waals surface area contributed by atoms with E-state index in [4.69, 9.17) is 9.72 Å². The zero-order valence-electron chi connectivity index (χ0n) is 23.3. The van der Waals surface area contributed by atoms with Crippen molar-refractivity contribution in [1.82, 2.24) is 19.3 Å². The highest BCUT2D eigenvalue weighted by Crippen LogP contribution is 2.35. The van der Waals surface area contributed by atoms with E-state index < -0.39 is 0 Å². The molecule has 200 valence electrons. The molecule has 0 saturated heterocycles. The highest BCUT2D eigenvalue weighted by atomic mass is 16.5. The van der Waals surface area contributed by atoms with Crippen LogP contribution in [-0.4, -0.2) is 21.0 Å². The van der Waals surface area contributed by atoms with Crippen LogP contribution >= 0.6 is 0 Å². The number of allylic oxidation sites excluding steroid dienone is 2. The van der Waals surface area contributed by atoms with Gasteiger partial charge in [-0.1, -0.05) is 75.4 Å². The second-order valence-corrected chi connectivity index (χ2v) is 11.3. The van der Waals surface area contributed by atoms with Crippen molar-refractivity contribution < 1.29 is 9.30 Å². The summed E-state index contributed by atoms with van der Waals surface area (Å²) in [5.74, 6) is 4.39. The van der Waals surface area contributed by atoms with Crippen molar-refractivity contribution in [2.45, 2.75) is 26.2 Å². The summed E-state index contributed by atoms with van der Waals surface area (Å²) >= 11 is 0. The summed E-state index contributed by atoms with van der Waals surface area (Å²) in [5, 5.41) is 5.82. The second kappa shape index (κ2) is 9.86. The Kier molecular flexibility index (Phi) is 6.00. The topological polar surface area (TPSA) is 47.9 Å². The first kappa shape index (κ1) is 25.0. The lowest BCUT2D eigenvalue weighted by atomic mass is 9.74. The van der Waals surface area contributed by atoms with Crippen molar-refractivity contribution in [2.75, 3.05) is 0 Å². The summed E-state index contributed by atoms with van der Waals surface area (Å²) in [6.45, 7) is 6.55. The van der Waals surface area contributed by atoms with Crippen molar-refractivity contribution in [3.63, 3.8) is 0 Å². The SMILES string of the molecule is CC(C)(C)c1ccnc(-n2c3ccccc3c3ccc(OC4=CC=CB(n5[c-][n+](-c6ccccc6)cc5)N4)cc32)c1. The van der Waals surface area contributed by atoms with Crippen LogP contribution in [-0.2, 0) is 5.41 Å². The Balaban J connectivity index is 1.21. The van der Waals surface area contributed by atoms with Crippen molar-refractivity contribution in [2.24, 2.45) is 0 Å². The Labute approximate surface area is 240 Å². The van der Waals surface area contributed by atoms with Gasteiger partial charge in [-0.25, -0.2) is 4.98 Å². The van der Waals surface area contributed by atoms with Gasteiger partial charge in [0, 0.05) is 29.2 Å². The predicted octanol–water partition coefficient (Wildman–Crippen LogP) is 6.31. The number of aromatic nitrogens is 4. The van der Waals surface area contributed by atoms with Gasteiger partial charge in [0.15, 0.2) is 5.88 Å². The molecule has 7 rings (SSSR count). The van der Waals surface area contributed by atoms with Gasteiger partial charge in [-0.05, 0) is 59.6 Å². The monoisotopic (exact) mass is 535 g/mol. The molecule has 1 aliphatic heterocycles. The number of imidazole rings is 1. The quantitative estimate of drug-likeness (QED) is 0.160. The zero-order chi connectivity index (χ0) is 28.0. The molecule has 3 aromatic carbocycles. The number of rotatable bonds is 5. The molecular formula is C34H30BN5O. The third-order valence-electron chi connectivity index (χ3n) is 7.48. The summed E-state index contributed by atoms with van der Waals surface area (Å²) in [6.07, 6.45) is 13.2. The fourth-order valence-corrected chi connectivity index (χ4v) is 5.33. The van der Waals surface area contributed by atoms with Crippen molar-refractivity contribution in [3.8, 4) is 17.3 Å². The van der Waals surface area contributed by atoms with Crippen LogP contribution in [0.4, 0.5) is 0 Å². The molecule has 0 radical (unpaired) electrons. The van der Waals surface area contributed by atoms with E-state index in [1.165, 1.54) is 10.9 Å². The molecule has 7 heteroatoms. The minimum Gasteiger partial charge on any atom is -0.442 e. The normalized spacial score (nSPS) is 13.4. The maximum atomic E-state index is 6.40. The Morgan fingerprint density at radius 3 is 2.56 bits per heavy atom. The summed E-state index contributed by atoms with van der Waals surface area (Å²) in [6, 6.07) is 29.2. The molecule has 1 aliphatic rings. The Morgan fingerprint density at radius 1 is 0.902 bits per heavy atom. The largest absolute Gasteiger partial charge is 0.510 e. The average Bonchev–Trinajstić information content (AvgIpc) is 3.61. The number of ether oxygens (including phenoxy) is 1. The van der Waals surface area contributed by atoms with Gasteiger partial charge in [-0.2, -0.15) is 0 Å². The molecular weight excluding hydrogens is 505 g/mol. The smallest absolute Gasteiger partial charge is 0.442 e. The van der Waals surface area contributed by atoms with Gasteiger partial charge in [-0.15, -0.1) is 0 Å². The van der Waals surface area contributed by atoms with E-state index in [1.807, 2.05) is 64.1 Å². The summed E-state index contributed by atoms with van der Waals surface area (Å²) in [4.78, 5) is 4.79. The van der Waals surface area contributed by atoms with Crippen LogP contribution in [0.15, 0.2) is 128 Å². The molecule has 0 amide bonds. The molecule has 0 fully saturated rings. The number of benzene rings is 3. The maximum Gasteiger partial charge on any atom is 0.510 e. The Bertz CT molecular complexity index is 1950. The first-order valence-electron chi connectivity index (χ1n) is 13.8. The minimum absolute atomic E-state index is 0.0193. The Hall–Kier alpha value is -5.04. The lowest BCUT2D eigenvalue weighted by molar-refractivity contribution is -0.599. The average molecular weight is 535 g/mol. The lowest BCUT2D eigenvalue weighted by Crippen LogP contribution is -2.42. The van der Waals surface area contributed by atoms with Crippen LogP contribution in [0.25, 0.3) is 33.3 Å². The fourth-order valence-electron chi connectivity index (χ4n) is 5.33. The van der Waals surface area contributed by atoms with E-state index >= 15 is 0 Å². The van der Waals surface area contributed by atoms with Crippen LogP contribution in [0.5, 0.6) is 5.75 Å². The van der Waals surface area contributed by atoms with E-state index in [-0.39, 0.29) is 12.4 Å². The van der Waals surface area contributed by atoms with Crippen LogP contribution in [0.2, 0.25) is 0 Å². The first-order chi connectivity index (χ1) is 19.9. The highest BCUT2D eigenvalue weighted by molar-refractivity contribution is 6.60. The van der Waals surface area contributed by atoms with E-state index in [0.29, 0.717) is 5.88 Å². The standard InChI is InChI=1S/C34H30BN5O/c1-34(2,3)25-17-19-36-32(22-25)40-30-13-8-7-12-28(30)29-16-15-27(23-31(29)40)41-33-14-9-18-35(37-33)39-21-20-38(24-39)26-10-5-4-6-11-26/h4-23,37H,1-3H3. The first-order valence-corrected chi connectivity index (χ1v) is 13.8. The second-order valence-electron chi connectivity index (χ2n) is 11.3. The molecule has 4 heterocycles. The van der Waals surface area contributed by atoms with Gasteiger partial charge in [0.2, 0.25) is 6.33 Å². The summed E-state index contributed by atoms with van der Waals surface area (Å²) in [7, 11) is 0. The highest BCUT2D eigenvalue weighted by Gasteiger charge is 2.24. The molecule has 0 unspecified atom stereocenters. The van der Waals surface area contributed by atoms with Crippen molar-refractivity contribution in [3.05, 3.63) is 139 Å². The lowest BCUT2D eigenvalue weighted by Gasteiger charge is -2.20. The zero-order valence-corrected chi connectivity index (χ0v) is 23.3. The Morgan fingerprint density at radius 2 is 1.71 bits per heavy atom. The fraction of sp³-hybridized carbons (Fsp3) is 0.118. The molecule has 6 aromatic rings. The molecule has 41 heavy (non-hydrogen) atoms. The van der Waals surface area contributed by atoms with Gasteiger partial charge >= 0.3 is 6.98 Å². The number of pyridine rings is 1. The third-order valence-corrected chi connectivity index (χ3v) is 7.48. The van der Waals surface area contributed by atoms with Crippen molar-refractivity contribution >= 4 is 28.8 Å². The van der Waals surface area contributed by atoms with Crippen LogP contribution in [0, 0.1) is 6.33 Å². The van der Waals surface area contributed by atoms with Gasteiger partial charge in [-0.3, -0.25) is 4.57 Å². The predicted molar refractivity (Wildman–Crippen MR) is 164 cm³/mol. The number of hydrogen-bond acceptors (Lipinski definition) is 3. The molecule has 3 aromatic heterocycles. The van der Waals surface area contributed by atoms with Gasteiger partial charge in [0.25, 0.3) is 0 Å². The van der Waals surface area contributed by atoms with E-state index in [1.54, 1.807) is 0 Å². The van der Waals surface area contributed by atoms with Crippen LogP contribution in [0.1, 0.15) is 26.3 Å². The molecule has 0 spiro atoms. The number of nitrogens with one attached hydrogen (secondary N) is 1. The van der Waals surface area contributed by atoms with Crippen LogP contribution in [0.3, 0.4) is 0 Å². The molecule has 0 aliphatic carbocycles. The molecule has 0 atom stereocenters. The molecule has 0 saturated carbocycles. The molecule has 1 N–H and O–H groups in total. The molecule has 6 nitrogen and oxygen atoms in total.